The first-order valence-electron chi connectivity index (χ1n) is 7.97. The van der Waals surface area contributed by atoms with Crippen molar-refractivity contribution in [1.82, 2.24) is 0 Å². The van der Waals surface area contributed by atoms with Gasteiger partial charge in [0, 0.05) is 17.3 Å². The summed E-state index contributed by atoms with van der Waals surface area (Å²) in [6, 6.07) is 12.8. The molecule has 128 valence electrons. The molecule has 0 radical (unpaired) electrons. The molecule has 0 heterocycles. The normalized spacial score (nSPS) is 13.2. The first-order valence-corrected chi connectivity index (χ1v) is 7.97. The van der Waals surface area contributed by atoms with E-state index in [0.29, 0.717) is 11.3 Å². The van der Waals surface area contributed by atoms with Gasteiger partial charge in [0.15, 0.2) is 0 Å². The van der Waals surface area contributed by atoms with E-state index >= 15 is 0 Å². The van der Waals surface area contributed by atoms with Gasteiger partial charge in [-0.05, 0) is 23.1 Å². The standard InChI is InChI=1S/C20H25NO3/c1-20(2,3)17-11-16(24-4)10-15(19(17)23)12-21-18(13-22)14-8-6-5-7-9-14/h5-12,18,22-23H,13H2,1-4H3/t18-/m0/s1. The molecule has 2 aromatic rings. The number of nitrogens with zero attached hydrogens (tertiary/aromatic N) is 1. The van der Waals surface area contributed by atoms with Gasteiger partial charge >= 0.3 is 0 Å². The number of methoxy groups -OCH3 is 1. The van der Waals surface area contributed by atoms with Gasteiger partial charge in [-0.2, -0.15) is 0 Å². The third kappa shape index (κ3) is 4.15. The highest BCUT2D eigenvalue weighted by Gasteiger charge is 2.21. The van der Waals surface area contributed by atoms with Crippen LogP contribution in [-0.2, 0) is 5.41 Å². The molecule has 1 atom stereocenters. The van der Waals surface area contributed by atoms with Gasteiger partial charge in [0.05, 0.1) is 19.8 Å². The molecule has 4 nitrogen and oxygen atoms in total. The minimum Gasteiger partial charge on any atom is -0.507 e. The molecule has 0 aliphatic carbocycles. The summed E-state index contributed by atoms with van der Waals surface area (Å²) in [5.41, 5.74) is 2.07. The number of aliphatic imine (C=N–C) groups is 1. The van der Waals surface area contributed by atoms with Crippen LogP contribution in [0, 0.1) is 0 Å². The van der Waals surface area contributed by atoms with Crippen LogP contribution in [0.1, 0.15) is 43.5 Å². The zero-order valence-electron chi connectivity index (χ0n) is 14.7. The number of aromatic hydroxyl groups is 1. The van der Waals surface area contributed by atoms with E-state index in [-0.39, 0.29) is 23.8 Å². The molecule has 0 unspecified atom stereocenters. The zero-order valence-corrected chi connectivity index (χ0v) is 14.7. The van der Waals surface area contributed by atoms with Crippen LogP contribution in [0.15, 0.2) is 47.5 Å². The summed E-state index contributed by atoms with van der Waals surface area (Å²) in [5.74, 6) is 0.858. The Morgan fingerprint density at radius 3 is 2.38 bits per heavy atom. The van der Waals surface area contributed by atoms with Gasteiger partial charge in [-0.15, -0.1) is 0 Å². The van der Waals surface area contributed by atoms with E-state index in [0.717, 1.165) is 11.1 Å². The van der Waals surface area contributed by atoms with Gasteiger partial charge in [0.25, 0.3) is 0 Å². The average molecular weight is 327 g/mol. The third-order valence-corrected chi connectivity index (χ3v) is 3.91. The lowest BCUT2D eigenvalue weighted by Crippen LogP contribution is -2.12. The number of aliphatic hydroxyl groups is 1. The summed E-state index contributed by atoms with van der Waals surface area (Å²) in [7, 11) is 1.60. The van der Waals surface area contributed by atoms with Crippen molar-refractivity contribution in [1.29, 1.82) is 0 Å². The minimum absolute atomic E-state index is 0.0998. The molecule has 0 saturated carbocycles. The summed E-state index contributed by atoms with van der Waals surface area (Å²) >= 11 is 0. The lowest BCUT2D eigenvalue weighted by molar-refractivity contribution is 0.269. The molecule has 0 aliphatic heterocycles. The summed E-state index contributed by atoms with van der Waals surface area (Å²) in [5, 5.41) is 20.2. The van der Waals surface area contributed by atoms with Crippen molar-refractivity contribution < 1.29 is 14.9 Å². The maximum Gasteiger partial charge on any atom is 0.128 e. The number of hydrogen-bond acceptors (Lipinski definition) is 4. The van der Waals surface area contributed by atoms with Crippen LogP contribution in [-0.4, -0.2) is 30.1 Å². The van der Waals surface area contributed by atoms with Crippen LogP contribution >= 0.6 is 0 Å². The molecule has 0 amide bonds. The smallest absolute Gasteiger partial charge is 0.128 e. The molecule has 2 aromatic carbocycles. The number of aliphatic hydroxyl groups excluding tert-OH is 1. The van der Waals surface area contributed by atoms with E-state index in [1.807, 2.05) is 57.2 Å². The van der Waals surface area contributed by atoms with Crippen LogP contribution in [0.5, 0.6) is 11.5 Å². The molecule has 2 N–H and O–H groups in total. The lowest BCUT2D eigenvalue weighted by atomic mass is 9.85. The minimum atomic E-state index is -0.366. The van der Waals surface area contributed by atoms with E-state index < -0.39 is 0 Å². The summed E-state index contributed by atoms with van der Waals surface area (Å²) in [6.45, 7) is 5.99. The Kier molecular flexibility index (Phi) is 5.62. The molecule has 4 heteroatoms. The van der Waals surface area contributed by atoms with Gasteiger partial charge in [-0.3, -0.25) is 4.99 Å². The van der Waals surface area contributed by atoms with E-state index in [4.69, 9.17) is 4.74 Å². The SMILES string of the molecule is COc1cc(C=N[C@@H](CO)c2ccccc2)c(O)c(C(C)(C)C)c1. The Morgan fingerprint density at radius 1 is 1.17 bits per heavy atom. The molecular weight excluding hydrogens is 302 g/mol. The predicted molar refractivity (Wildman–Crippen MR) is 97.2 cm³/mol. The lowest BCUT2D eigenvalue weighted by Gasteiger charge is -2.22. The molecular formula is C20H25NO3. The fourth-order valence-electron chi connectivity index (χ4n) is 2.50. The van der Waals surface area contributed by atoms with Gasteiger partial charge in [0.2, 0.25) is 0 Å². The first-order chi connectivity index (χ1) is 11.4. The number of hydrogen-bond donors (Lipinski definition) is 2. The fourth-order valence-corrected chi connectivity index (χ4v) is 2.50. The number of phenolic OH excluding ortho intramolecular Hbond substituents is 1. The molecule has 0 fully saturated rings. The van der Waals surface area contributed by atoms with Crippen molar-refractivity contribution in [2.75, 3.05) is 13.7 Å². The highest BCUT2D eigenvalue weighted by Crippen LogP contribution is 2.36. The maximum atomic E-state index is 10.6. The fraction of sp³-hybridized carbons (Fsp3) is 0.350. The monoisotopic (exact) mass is 327 g/mol. The zero-order chi connectivity index (χ0) is 17.7. The molecule has 0 spiro atoms. The third-order valence-electron chi connectivity index (χ3n) is 3.91. The second-order valence-electron chi connectivity index (χ2n) is 6.75. The van der Waals surface area contributed by atoms with E-state index in [1.54, 1.807) is 19.4 Å². The Morgan fingerprint density at radius 2 is 1.83 bits per heavy atom. The van der Waals surface area contributed by atoms with Gasteiger partial charge in [-0.1, -0.05) is 51.1 Å². The summed E-state index contributed by atoms with van der Waals surface area (Å²) in [4.78, 5) is 4.45. The Labute approximate surface area is 143 Å². The second-order valence-corrected chi connectivity index (χ2v) is 6.75. The second kappa shape index (κ2) is 7.49. The highest BCUT2D eigenvalue weighted by atomic mass is 16.5. The van der Waals surface area contributed by atoms with Gasteiger partial charge < -0.3 is 14.9 Å². The number of rotatable bonds is 5. The number of ether oxygens (including phenoxy) is 1. The average Bonchev–Trinajstić information content (AvgIpc) is 2.56. The van der Waals surface area contributed by atoms with Crippen LogP contribution in [0.2, 0.25) is 0 Å². The predicted octanol–water partition coefficient (Wildman–Crippen LogP) is 3.85. The van der Waals surface area contributed by atoms with E-state index in [1.165, 1.54) is 0 Å². The van der Waals surface area contributed by atoms with Crippen LogP contribution in [0.4, 0.5) is 0 Å². The van der Waals surface area contributed by atoms with E-state index in [9.17, 15) is 10.2 Å². The molecule has 0 bridgehead atoms. The van der Waals surface area contributed by atoms with Crippen molar-refractivity contribution in [3.05, 3.63) is 59.2 Å². The van der Waals surface area contributed by atoms with Crippen LogP contribution in [0.25, 0.3) is 0 Å². The highest BCUT2D eigenvalue weighted by molar-refractivity contribution is 5.85. The Balaban J connectivity index is 2.41. The molecule has 0 saturated heterocycles. The van der Waals surface area contributed by atoms with Crippen LogP contribution < -0.4 is 4.74 Å². The topological polar surface area (TPSA) is 62.0 Å². The molecule has 2 rings (SSSR count). The largest absolute Gasteiger partial charge is 0.507 e. The van der Waals surface area contributed by atoms with Crippen molar-refractivity contribution in [3.63, 3.8) is 0 Å². The molecule has 0 aromatic heterocycles. The number of phenols is 1. The van der Waals surface area contributed by atoms with Crippen molar-refractivity contribution in [3.8, 4) is 11.5 Å². The molecule has 0 aliphatic rings. The van der Waals surface area contributed by atoms with Crippen molar-refractivity contribution >= 4 is 6.21 Å². The summed E-state index contributed by atoms with van der Waals surface area (Å²) in [6.07, 6.45) is 1.60. The van der Waals surface area contributed by atoms with Gasteiger partial charge in [0.1, 0.15) is 11.5 Å². The van der Waals surface area contributed by atoms with E-state index in [2.05, 4.69) is 4.99 Å². The Hall–Kier alpha value is -2.33. The Bertz CT molecular complexity index is 703. The van der Waals surface area contributed by atoms with Crippen molar-refractivity contribution in [2.24, 2.45) is 4.99 Å². The number of benzene rings is 2. The quantitative estimate of drug-likeness (QED) is 0.820. The maximum absolute atomic E-state index is 10.6. The molecule has 24 heavy (non-hydrogen) atoms. The first kappa shape index (κ1) is 18.0. The van der Waals surface area contributed by atoms with Crippen molar-refractivity contribution in [2.45, 2.75) is 32.2 Å². The van der Waals surface area contributed by atoms with Gasteiger partial charge in [-0.25, -0.2) is 0 Å². The van der Waals surface area contributed by atoms with Crippen LogP contribution in [0.3, 0.4) is 0 Å². The summed E-state index contributed by atoms with van der Waals surface area (Å²) < 4.78 is 5.34.